The van der Waals surface area contributed by atoms with Crippen LogP contribution < -0.4 is 11.2 Å². The fourth-order valence-electron chi connectivity index (χ4n) is 1.87. The van der Waals surface area contributed by atoms with Crippen molar-refractivity contribution in [1.29, 1.82) is 0 Å². The largest absolute Gasteiger partial charge is 0.328 e. The molecule has 7 nitrogen and oxygen atoms in total. The molecule has 1 aromatic carbocycles. The topological polar surface area (TPSA) is 109 Å². The highest BCUT2D eigenvalue weighted by atomic mass is 32.2. The average Bonchev–Trinajstić information content (AvgIpc) is 2.32. The van der Waals surface area contributed by atoms with Crippen LogP contribution in [0.25, 0.3) is 10.9 Å². The average molecular weight is 284 g/mol. The number of hydrogen-bond donors (Lipinski definition) is 2. The predicted octanol–water partition coefficient (Wildman–Crippen LogP) is 0.346. The van der Waals surface area contributed by atoms with Gasteiger partial charge in [0.2, 0.25) is 0 Å². The van der Waals surface area contributed by atoms with Crippen LogP contribution in [0.5, 0.6) is 0 Å². The summed E-state index contributed by atoms with van der Waals surface area (Å²) in [5.41, 5.74) is -1.01. The molecule has 2 aromatic rings. The Balaban J connectivity index is 2.93. The van der Waals surface area contributed by atoms with Crippen LogP contribution in [-0.4, -0.2) is 22.5 Å². The van der Waals surface area contributed by atoms with Crippen LogP contribution in [0.15, 0.2) is 32.7 Å². The molecule has 8 heteroatoms. The van der Waals surface area contributed by atoms with E-state index in [-0.39, 0.29) is 15.8 Å². The number of fused-ring (bicyclic) bond motifs is 1. The summed E-state index contributed by atoms with van der Waals surface area (Å²) in [4.78, 5) is 25.1. The lowest BCUT2D eigenvalue weighted by atomic mass is 10.2. The van der Waals surface area contributed by atoms with E-state index in [1.165, 1.54) is 10.6 Å². The molecule has 0 bridgehead atoms. The summed E-state index contributed by atoms with van der Waals surface area (Å²) in [6.45, 7) is 2.18. The molecule has 102 valence electrons. The summed E-state index contributed by atoms with van der Waals surface area (Å²) in [6, 6.07) is 3.51. The lowest BCUT2D eigenvalue weighted by Gasteiger charge is -2.08. The van der Waals surface area contributed by atoms with Gasteiger partial charge in [-0.05, 0) is 24.6 Å². The van der Waals surface area contributed by atoms with Gasteiger partial charge in [-0.25, -0.2) is 4.79 Å². The molecule has 0 saturated heterocycles. The zero-order valence-electron chi connectivity index (χ0n) is 10.1. The van der Waals surface area contributed by atoms with E-state index in [4.69, 9.17) is 4.55 Å². The van der Waals surface area contributed by atoms with E-state index in [0.29, 0.717) is 13.0 Å². The van der Waals surface area contributed by atoms with Gasteiger partial charge < -0.3 is 0 Å². The summed E-state index contributed by atoms with van der Waals surface area (Å²) >= 11 is 0. The molecule has 0 spiro atoms. The van der Waals surface area contributed by atoms with Gasteiger partial charge >= 0.3 is 5.69 Å². The van der Waals surface area contributed by atoms with Gasteiger partial charge in [0, 0.05) is 6.54 Å². The number of aromatic nitrogens is 2. The lowest BCUT2D eigenvalue weighted by Crippen LogP contribution is -2.30. The molecule has 0 saturated carbocycles. The molecule has 19 heavy (non-hydrogen) atoms. The number of aromatic amines is 1. The third kappa shape index (κ3) is 2.45. The molecule has 1 aromatic heterocycles. The maximum atomic E-state index is 11.7. The fourth-order valence-corrected chi connectivity index (χ4v) is 2.37. The minimum absolute atomic E-state index is 0.186. The molecule has 1 heterocycles. The molecule has 2 N–H and O–H groups in total. The molecule has 2 rings (SSSR count). The van der Waals surface area contributed by atoms with Crippen molar-refractivity contribution in [3.8, 4) is 0 Å². The molecule has 0 aliphatic rings. The van der Waals surface area contributed by atoms with Crippen LogP contribution in [0.1, 0.15) is 13.3 Å². The summed E-state index contributed by atoms with van der Waals surface area (Å²) in [5.74, 6) is 0. The molecule has 0 atom stereocenters. The van der Waals surface area contributed by atoms with E-state index in [9.17, 15) is 18.0 Å². The minimum Gasteiger partial charge on any atom is -0.293 e. The van der Waals surface area contributed by atoms with E-state index in [1.807, 2.05) is 6.92 Å². The van der Waals surface area contributed by atoms with Gasteiger partial charge in [-0.1, -0.05) is 6.92 Å². The molecule has 0 radical (unpaired) electrons. The van der Waals surface area contributed by atoms with E-state index < -0.39 is 21.4 Å². The fraction of sp³-hybridized carbons (Fsp3) is 0.273. The Kier molecular flexibility index (Phi) is 3.29. The van der Waals surface area contributed by atoms with Gasteiger partial charge in [-0.15, -0.1) is 0 Å². The van der Waals surface area contributed by atoms with Gasteiger partial charge in [-0.3, -0.25) is 18.9 Å². The van der Waals surface area contributed by atoms with Crippen molar-refractivity contribution in [3.63, 3.8) is 0 Å². The van der Waals surface area contributed by atoms with E-state index in [2.05, 4.69) is 4.98 Å². The second-order valence-electron chi connectivity index (χ2n) is 4.06. The Hall–Kier alpha value is -1.93. The van der Waals surface area contributed by atoms with Crippen LogP contribution in [0, 0.1) is 0 Å². The quantitative estimate of drug-likeness (QED) is 0.790. The van der Waals surface area contributed by atoms with E-state index in [0.717, 1.165) is 12.1 Å². The Morgan fingerprint density at radius 3 is 2.58 bits per heavy atom. The number of aryl methyl sites for hydroxylation is 1. The molecule has 0 aliphatic heterocycles. The van der Waals surface area contributed by atoms with Crippen molar-refractivity contribution in [2.45, 2.75) is 24.8 Å². The van der Waals surface area contributed by atoms with Crippen molar-refractivity contribution in [1.82, 2.24) is 9.55 Å². The van der Waals surface area contributed by atoms with Crippen LogP contribution in [0.2, 0.25) is 0 Å². The summed E-state index contributed by atoms with van der Waals surface area (Å²) in [7, 11) is -4.38. The zero-order chi connectivity index (χ0) is 14.2. The van der Waals surface area contributed by atoms with Gasteiger partial charge in [0.05, 0.1) is 15.8 Å². The molecule has 0 amide bonds. The molecular formula is C11H12N2O5S. The molecule has 0 unspecified atom stereocenters. The van der Waals surface area contributed by atoms with Crippen molar-refractivity contribution >= 4 is 21.0 Å². The highest BCUT2D eigenvalue weighted by molar-refractivity contribution is 7.85. The van der Waals surface area contributed by atoms with Crippen LogP contribution >= 0.6 is 0 Å². The summed E-state index contributed by atoms with van der Waals surface area (Å²) in [6.07, 6.45) is 0.636. The predicted molar refractivity (Wildman–Crippen MR) is 68.9 cm³/mol. The Morgan fingerprint density at radius 1 is 1.32 bits per heavy atom. The third-order valence-electron chi connectivity index (χ3n) is 2.72. The smallest absolute Gasteiger partial charge is 0.293 e. The van der Waals surface area contributed by atoms with Crippen molar-refractivity contribution in [3.05, 3.63) is 39.0 Å². The minimum atomic E-state index is -4.38. The van der Waals surface area contributed by atoms with Gasteiger partial charge in [0.15, 0.2) is 0 Å². The number of H-pyrrole nitrogens is 1. The SMILES string of the molecule is CCCn1c(=O)[nH]c(=O)c2ccc(S(=O)(=O)O)cc21. The third-order valence-corrected chi connectivity index (χ3v) is 3.56. The Bertz CT molecular complexity index is 847. The van der Waals surface area contributed by atoms with E-state index >= 15 is 0 Å². The van der Waals surface area contributed by atoms with Crippen LogP contribution in [0.3, 0.4) is 0 Å². The summed E-state index contributed by atoms with van der Waals surface area (Å²) in [5, 5.41) is 0.195. The first kappa shape index (κ1) is 13.5. The van der Waals surface area contributed by atoms with Crippen molar-refractivity contribution in [2.75, 3.05) is 0 Å². The number of rotatable bonds is 3. The van der Waals surface area contributed by atoms with Crippen LogP contribution in [-0.2, 0) is 16.7 Å². The van der Waals surface area contributed by atoms with Crippen molar-refractivity contribution < 1.29 is 13.0 Å². The molecule has 0 fully saturated rings. The standard InChI is InChI=1S/C11H12N2O5S/c1-2-5-13-9-6-7(19(16,17)18)3-4-8(9)10(14)12-11(13)15/h3-4,6H,2,5H2,1H3,(H,12,14,15)(H,16,17,18). The number of nitrogens with zero attached hydrogens (tertiary/aromatic N) is 1. The first-order valence-corrected chi connectivity index (χ1v) is 7.03. The first-order valence-electron chi connectivity index (χ1n) is 5.59. The maximum absolute atomic E-state index is 11.7. The van der Waals surface area contributed by atoms with Gasteiger partial charge in [0.1, 0.15) is 0 Å². The van der Waals surface area contributed by atoms with Crippen molar-refractivity contribution in [2.24, 2.45) is 0 Å². The van der Waals surface area contributed by atoms with Crippen LogP contribution in [0.4, 0.5) is 0 Å². The maximum Gasteiger partial charge on any atom is 0.328 e. The normalized spacial score (nSPS) is 11.9. The van der Waals surface area contributed by atoms with Gasteiger partial charge in [-0.2, -0.15) is 8.42 Å². The van der Waals surface area contributed by atoms with E-state index in [1.54, 1.807) is 0 Å². The first-order chi connectivity index (χ1) is 8.84. The zero-order valence-corrected chi connectivity index (χ0v) is 10.9. The molecule has 0 aliphatic carbocycles. The summed E-state index contributed by atoms with van der Waals surface area (Å²) < 4.78 is 32.5. The monoisotopic (exact) mass is 284 g/mol. The number of benzene rings is 1. The van der Waals surface area contributed by atoms with Gasteiger partial charge in [0.25, 0.3) is 15.7 Å². The number of nitrogens with one attached hydrogen (secondary N) is 1. The molecular weight excluding hydrogens is 272 g/mol. The highest BCUT2D eigenvalue weighted by Crippen LogP contribution is 2.15. The Labute approximate surface area is 108 Å². The lowest BCUT2D eigenvalue weighted by molar-refractivity contribution is 0.483. The highest BCUT2D eigenvalue weighted by Gasteiger charge is 2.13. The Morgan fingerprint density at radius 2 is 2.00 bits per heavy atom. The second kappa shape index (κ2) is 4.63. The second-order valence-corrected chi connectivity index (χ2v) is 5.49. The number of hydrogen-bond acceptors (Lipinski definition) is 4.